The Labute approximate surface area is 123 Å². The number of nitrogens with one attached hydrogen (secondary N) is 1. The van der Waals surface area contributed by atoms with Crippen LogP contribution >= 0.6 is 31.9 Å². The van der Waals surface area contributed by atoms with Crippen molar-refractivity contribution < 1.29 is 9.18 Å². The molecule has 1 fully saturated rings. The fourth-order valence-electron chi connectivity index (χ4n) is 2.33. The van der Waals surface area contributed by atoms with Crippen LogP contribution in [0.2, 0.25) is 0 Å². The number of benzene rings is 1. The molecule has 0 aromatic heterocycles. The second-order valence-corrected chi connectivity index (χ2v) is 6.05. The predicted molar refractivity (Wildman–Crippen MR) is 76.5 cm³/mol. The Balaban J connectivity index is 2.07. The molecule has 0 saturated heterocycles. The molecule has 1 aromatic carbocycles. The number of halogens is 3. The predicted octanol–water partition coefficient (Wildman–Crippen LogP) is 3.88. The van der Waals surface area contributed by atoms with E-state index in [9.17, 15) is 9.18 Å². The van der Waals surface area contributed by atoms with E-state index in [1.807, 2.05) is 0 Å². The summed E-state index contributed by atoms with van der Waals surface area (Å²) in [5.41, 5.74) is 0.483. The molecule has 2 nitrogen and oxygen atoms in total. The minimum atomic E-state index is -0.349. The maximum absolute atomic E-state index is 13.0. The number of hydrogen-bond acceptors (Lipinski definition) is 1. The molecule has 5 heteroatoms. The summed E-state index contributed by atoms with van der Waals surface area (Å²) < 4.78 is 13.5. The van der Waals surface area contributed by atoms with Crippen LogP contribution in [0.15, 0.2) is 22.7 Å². The Morgan fingerprint density at radius 3 is 2.89 bits per heavy atom. The lowest BCUT2D eigenvalue weighted by Gasteiger charge is -2.19. The Morgan fingerprint density at radius 1 is 1.44 bits per heavy atom. The van der Waals surface area contributed by atoms with Crippen LogP contribution in [0.5, 0.6) is 0 Å². The normalized spacial score (nSPS) is 23.1. The number of hydrogen-bond donors (Lipinski definition) is 1. The summed E-state index contributed by atoms with van der Waals surface area (Å²) in [5, 5.41) is 3.94. The van der Waals surface area contributed by atoms with Crippen LogP contribution in [0, 0.1) is 11.7 Å². The first-order valence-electron chi connectivity index (χ1n) is 5.93. The monoisotopic (exact) mass is 377 g/mol. The largest absolute Gasteiger partial charge is 0.349 e. The van der Waals surface area contributed by atoms with E-state index in [0.717, 1.165) is 24.6 Å². The lowest BCUT2D eigenvalue weighted by atomic mass is 10.1. The molecule has 1 N–H and O–H groups in total. The van der Waals surface area contributed by atoms with Gasteiger partial charge in [0.1, 0.15) is 5.82 Å². The summed E-state index contributed by atoms with van der Waals surface area (Å²) >= 11 is 6.70. The Morgan fingerprint density at radius 2 is 2.22 bits per heavy atom. The smallest absolute Gasteiger partial charge is 0.252 e. The van der Waals surface area contributed by atoms with Gasteiger partial charge in [0.15, 0.2) is 0 Å². The molecule has 0 heterocycles. The molecule has 98 valence electrons. The number of carbonyl (C=O) groups is 1. The molecule has 0 aliphatic heterocycles. The number of amides is 1. The van der Waals surface area contributed by atoms with E-state index in [2.05, 4.69) is 37.2 Å². The fourth-order valence-corrected chi connectivity index (χ4v) is 3.64. The van der Waals surface area contributed by atoms with Crippen molar-refractivity contribution in [3.05, 3.63) is 34.1 Å². The zero-order valence-electron chi connectivity index (χ0n) is 9.76. The second-order valence-electron chi connectivity index (χ2n) is 4.55. The van der Waals surface area contributed by atoms with E-state index in [0.29, 0.717) is 16.0 Å². The van der Waals surface area contributed by atoms with Gasteiger partial charge in [0.2, 0.25) is 0 Å². The second kappa shape index (κ2) is 6.15. The van der Waals surface area contributed by atoms with E-state index in [1.54, 1.807) is 0 Å². The zero-order valence-corrected chi connectivity index (χ0v) is 12.9. The summed E-state index contributed by atoms with van der Waals surface area (Å²) in [6.45, 7) is 0. The average molecular weight is 379 g/mol. The Bertz CT molecular complexity index is 453. The molecule has 2 rings (SSSR count). The zero-order chi connectivity index (χ0) is 13.1. The molecular formula is C13H14Br2FNO. The highest BCUT2D eigenvalue weighted by Crippen LogP contribution is 2.28. The quantitative estimate of drug-likeness (QED) is 0.794. The first-order chi connectivity index (χ1) is 8.61. The van der Waals surface area contributed by atoms with E-state index >= 15 is 0 Å². The van der Waals surface area contributed by atoms with Gasteiger partial charge in [-0.15, -0.1) is 0 Å². The highest BCUT2D eigenvalue weighted by atomic mass is 79.9. The minimum absolute atomic E-state index is 0.139. The standard InChI is InChI=1S/C13H14Br2FNO/c14-7-8-2-1-3-12(8)17-13(18)10-5-4-9(16)6-11(10)15/h4-6,8,12H,1-3,7H2,(H,17,18). The number of carbonyl (C=O) groups excluding carboxylic acids is 1. The first-order valence-corrected chi connectivity index (χ1v) is 7.85. The van der Waals surface area contributed by atoms with Gasteiger partial charge in [0, 0.05) is 15.8 Å². The molecule has 1 amide bonds. The molecule has 0 spiro atoms. The van der Waals surface area contributed by atoms with Gasteiger partial charge in [0.25, 0.3) is 5.91 Å². The van der Waals surface area contributed by atoms with E-state index in [4.69, 9.17) is 0 Å². The lowest BCUT2D eigenvalue weighted by Crippen LogP contribution is -2.38. The van der Waals surface area contributed by atoms with Gasteiger partial charge < -0.3 is 5.32 Å². The fraction of sp³-hybridized carbons (Fsp3) is 0.462. The van der Waals surface area contributed by atoms with Crippen LogP contribution in [0.4, 0.5) is 4.39 Å². The Kier molecular flexibility index (Phi) is 4.78. The van der Waals surface area contributed by atoms with Crippen LogP contribution in [-0.2, 0) is 0 Å². The first kappa shape index (κ1) is 14.0. The van der Waals surface area contributed by atoms with Gasteiger partial charge in [-0.25, -0.2) is 4.39 Å². The van der Waals surface area contributed by atoms with Crippen molar-refractivity contribution >= 4 is 37.8 Å². The molecule has 1 saturated carbocycles. The van der Waals surface area contributed by atoms with Gasteiger partial charge in [-0.2, -0.15) is 0 Å². The molecule has 1 aromatic rings. The van der Waals surface area contributed by atoms with Gasteiger partial charge >= 0.3 is 0 Å². The third-order valence-electron chi connectivity index (χ3n) is 3.35. The van der Waals surface area contributed by atoms with Crippen molar-refractivity contribution in [2.75, 3.05) is 5.33 Å². The van der Waals surface area contributed by atoms with E-state index in [-0.39, 0.29) is 17.8 Å². The third-order valence-corrected chi connectivity index (χ3v) is 4.84. The van der Waals surface area contributed by atoms with Gasteiger partial charge in [-0.3, -0.25) is 4.79 Å². The van der Waals surface area contributed by atoms with Crippen LogP contribution in [0.1, 0.15) is 29.6 Å². The van der Waals surface area contributed by atoms with Crippen LogP contribution in [-0.4, -0.2) is 17.3 Å². The molecule has 0 radical (unpaired) electrons. The van der Waals surface area contributed by atoms with Gasteiger partial charge in [0.05, 0.1) is 5.56 Å². The number of alkyl halides is 1. The minimum Gasteiger partial charge on any atom is -0.349 e. The Hall–Kier alpha value is -0.420. The molecule has 0 bridgehead atoms. The SMILES string of the molecule is O=C(NC1CCCC1CBr)c1ccc(F)cc1Br. The highest BCUT2D eigenvalue weighted by molar-refractivity contribution is 9.10. The van der Waals surface area contributed by atoms with Crippen molar-refractivity contribution in [2.24, 2.45) is 5.92 Å². The summed E-state index contributed by atoms with van der Waals surface area (Å²) in [5.74, 6) is 0.00512. The van der Waals surface area contributed by atoms with E-state index in [1.165, 1.54) is 18.2 Å². The highest BCUT2D eigenvalue weighted by Gasteiger charge is 2.28. The molecule has 1 aliphatic rings. The van der Waals surface area contributed by atoms with Crippen LogP contribution < -0.4 is 5.32 Å². The van der Waals surface area contributed by atoms with Gasteiger partial charge in [-0.1, -0.05) is 22.4 Å². The molecule has 2 atom stereocenters. The summed E-state index contributed by atoms with van der Waals surface area (Å²) in [6.07, 6.45) is 3.30. The van der Waals surface area contributed by atoms with Crippen molar-refractivity contribution in [1.29, 1.82) is 0 Å². The summed E-state index contributed by atoms with van der Waals surface area (Å²) in [4.78, 5) is 12.1. The maximum atomic E-state index is 13.0. The van der Waals surface area contributed by atoms with Crippen LogP contribution in [0.25, 0.3) is 0 Å². The molecule has 2 unspecified atom stereocenters. The lowest BCUT2D eigenvalue weighted by molar-refractivity contribution is 0.0929. The topological polar surface area (TPSA) is 29.1 Å². The summed E-state index contributed by atoms with van der Waals surface area (Å²) in [7, 11) is 0. The molecular weight excluding hydrogens is 365 g/mol. The number of rotatable bonds is 3. The van der Waals surface area contributed by atoms with Crippen LogP contribution in [0.3, 0.4) is 0 Å². The van der Waals surface area contributed by atoms with Crippen molar-refractivity contribution in [3.63, 3.8) is 0 Å². The average Bonchev–Trinajstić information content (AvgIpc) is 2.76. The third kappa shape index (κ3) is 3.12. The van der Waals surface area contributed by atoms with Crippen molar-refractivity contribution in [2.45, 2.75) is 25.3 Å². The van der Waals surface area contributed by atoms with E-state index < -0.39 is 0 Å². The van der Waals surface area contributed by atoms with Crippen molar-refractivity contribution in [3.8, 4) is 0 Å². The maximum Gasteiger partial charge on any atom is 0.252 e. The molecule has 18 heavy (non-hydrogen) atoms. The molecule has 1 aliphatic carbocycles. The summed E-state index contributed by atoms with van der Waals surface area (Å²) in [6, 6.07) is 4.34. The van der Waals surface area contributed by atoms with Gasteiger partial charge in [-0.05, 0) is 52.9 Å². The van der Waals surface area contributed by atoms with Crippen molar-refractivity contribution in [1.82, 2.24) is 5.32 Å².